The molecule has 0 bridgehead atoms. The average Bonchev–Trinajstić information content (AvgIpc) is 2.13. The van der Waals surface area contributed by atoms with Crippen LogP contribution in [0.25, 0.3) is 0 Å². The molecule has 60 valence electrons. The molecule has 1 aliphatic heterocycles. The predicted molar refractivity (Wildman–Crippen MR) is 37.3 cm³/mol. The maximum atomic E-state index is 10.2. The van der Waals surface area contributed by atoms with Gasteiger partial charge in [0, 0.05) is 0 Å². The van der Waals surface area contributed by atoms with Gasteiger partial charge in [-0.2, -0.15) is 0 Å². The molecule has 1 aliphatic rings. The number of aliphatic hydroxyl groups excluding tert-OH is 1. The zero-order chi connectivity index (χ0) is 6.85. The largest absolute Gasteiger partial charge is 0.480 e. The molecule has 1 fully saturated rings. The molecule has 2 atom stereocenters. The lowest BCUT2D eigenvalue weighted by molar-refractivity contribution is -0.141. The highest BCUT2D eigenvalue weighted by molar-refractivity contribution is 5.85. The molecule has 0 spiro atoms. The van der Waals surface area contributed by atoms with Crippen LogP contribution in [0, 0.1) is 0 Å². The lowest BCUT2D eigenvalue weighted by Crippen LogP contribution is -2.38. The minimum Gasteiger partial charge on any atom is -0.480 e. The first kappa shape index (κ1) is 9.68. The normalized spacial score (nSPS) is 31.3. The Kier molecular flexibility index (Phi) is 3.63. The van der Waals surface area contributed by atoms with E-state index >= 15 is 0 Å². The van der Waals surface area contributed by atoms with Crippen molar-refractivity contribution in [3.8, 4) is 0 Å². The van der Waals surface area contributed by atoms with Crippen LogP contribution in [0.3, 0.4) is 0 Å². The van der Waals surface area contributed by atoms with Gasteiger partial charge in [-0.15, -0.1) is 12.4 Å². The molecule has 3 N–H and O–H groups in total. The van der Waals surface area contributed by atoms with E-state index in [2.05, 4.69) is 5.32 Å². The van der Waals surface area contributed by atoms with E-state index in [1.165, 1.54) is 0 Å². The Bertz CT molecular complexity index is 130. The van der Waals surface area contributed by atoms with E-state index in [4.69, 9.17) is 10.2 Å². The maximum absolute atomic E-state index is 10.2. The topological polar surface area (TPSA) is 69.6 Å². The van der Waals surface area contributed by atoms with E-state index < -0.39 is 18.1 Å². The van der Waals surface area contributed by atoms with E-state index in [-0.39, 0.29) is 12.4 Å². The zero-order valence-electron chi connectivity index (χ0n) is 5.28. The van der Waals surface area contributed by atoms with Crippen LogP contribution in [0.5, 0.6) is 0 Å². The number of rotatable bonds is 1. The lowest BCUT2D eigenvalue weighted by atomic mass is 10.2. The minimum absolute atomic E-state index is 0. The Hall–Kier alpha value is -0.320. The van der Waals surface area contributed by atoms with Crippen LogP contribution in [0.1, 0.15) is 6.42 Å². The number of carbonyl (C=O) groups is 1. The van der Waals surface area contributed by atoms with Gasteiger partial charge in [0.25, 0.3) is 0 Å². The van der Waals surface area contributed by atoms with Gasteiger partial charge in [-0.25, -0.2) is 0 Å². The van der Waals surface area contributed by atoms with Crippen molar-refractivity contribution in [3.63, 3.8) is 0 Å². The number of hydrogen-bond acceptors (Lipinski definition) is 3. The van der Waals surface area contributed by atoms with Gasteiger partial charge in [0.05, 0.1) is 6.10 Å². The molecule has 0 radical (unpaired) electrons. The smallest absolute Gasteiger partial charge is 0.323 e. The summed E-state index contributed by atoms with van der Waals surface area (Å²) < 4.78 is 0. The summed E-state index contributed by atoms with van der Waals surface area (Å²) in [6.07, 6.45) is -0.167. The Morgan fingerprint density at radius 1 is 1.60 bits per heavy atom. The van der Waals surface area contributed by atoms with Gasteiger partial charge in [-0.3, -0.25) is 4.79 Å². The second kappa shape index (κ2) is 3.75. The van der Waals surface area contributed by atoms with E-state index in [1.54, 1.807) is 0 Å². The van der Waals surface area contributed by atoms with Crippen molar-refractivity contribution in [2.75, 3.05) is 6.54 Å². The van der Waals surface area contributed by atoms with Crippen LogP contribution < -0.4 is 5.32 Å². The molecule has 1 rings (SSSR count). The molecule has 5 heteroatoms. The molecule has 0 aromatic carbocycles. The number of halogens is 1. The first-order valence-corrected chi connectivity index (χ1v) is 2.86. The van der Waals surface area contributed by atoms with E-state index in [1.807, 2.05) is 0 Å². The number of carboxylic acid groups (broad SMARTS) is 1. The predicted octanol–water partition coefficient (Wildman–Crippen LogP) is -0.784. The summed E-state index contributed by atoms with van der Waals surface area (Å²) in [7, 11) is 0. The fraction of sp³-hybridized carbons (Fsp3) is 0.800. The van der Waals surface area contributed by atoms with Crippen molar-refractivity contribution in [2.24, 2.45) is 0 Å². The fourth-order valence-electron chi connectivity index (χ4n) is 0.941. The van der Waals surface area contributed by atoms with E-state index in [0.29, 0.717) is 13.0 Å². The highest BCUT2D eigenvalue weighted by Crippen LogP contribution is 2.05. The quantitative estimate of drug-likeness (QED) is 0.479. The summed E-state index contributed by atoms with van der Waals surface area (Å²) in [5, 5.41) is 19.9. The van der Waals surface area contributed by atoms with Crippen molar-refractivity contribution in [1.82, 2.24) is 5.32 Å². The van der Waals surface area contributed by atoms with Gasteiger partial charge in [-0.05, 0) is 13.0 Å². The van der Waals surface area contributed by atoms with Gasteiger partial charge >= 0.3 is 5.97 Å². The number of hydrogen-bond donors (Lipinski definition) is 3. The van der Waals surface area contributed by atoms with Crippen molar-refractivity contribution >= 4 is 18.4 Å². The van der Waals surface area contributed by atoms with E-state index in [9.17, 15) is 4.79 Å². The van der Waals surface area contributed by atoms with Gasteiger partial charge in [0.2, 0.25) is 0 Å². The molecule has 0 aliphatic carbocycles. The van der Waals surface area contributed by atoms with Crippen molar-refractivity contribution in [2.45, 2.75) is 18.6 Å². The average molecular weight is 168 g/mol. The van der Waals surface area contributed by atoms with Crippen molar-refractivity contribution in [3.05, 3.63) is 0 Å². The second-order valence-corrected chi connectivity index (χ2v) is 2.13. The molecule has 2 unspecified atom stereocenters. The van der Waals surface area contributed by atoms with Crippen molar-refractivity contribution in [1.29, 1.82) is 0 Å². The summed E-state index contributed by atoms with van der Waals surface area (Å²) in [5.74, 6) is -0.972. The Labute approximate surface area is 64.6 Å². The molecule has 1 heterocycles. The van der Waals surface area contributed by atoms with Crippen LogP contribution in [-0.4, -0.2) is 34.9 Å². The van der Waals surface area contributed by atoms with Gasteiger partial charge in [-0.1, -0.05) is 0 Å². The van der Waals surface area contributed by atoms with Crippen LogP contribution in [-0.2, 0) is 4.79 Å². The number of nitrogens with one attached hydrogen (secondary N) is 1. The molecule has 0 aromatic heterocycles. The highest BCUT2D eigenvalue weighted by atomic mass is 35.5. The molecule has 0 saturated carbocycles. The summed E-state index contributed by atoms with van der Waals surface area (Å²) in [6.45, 7) is 0.595. The molecular formula is C5H10ClNO3. The molecule has 0 aromatic rings. The van der Waals surface area contributed by atoms with Gasteiger partial charge in [0.15, 0.2) is 0 Å². The number of carboxylic acids is 1. The van der Waals surface area contributed by atoms with Crippen LogP contribution >= 0.6 is 12.4 Å². The van der Waals surface area contributed by atoms with E-state index in [0.717, 1.165) is 0 Å². The molecule has 0 amide bonds. The number of aliphatic carboxylic acids is 1. The van der Waals surface area contributed by atoms with Crippen LogP contribution in [0.15, 0.2) is 0 Å². The van der Waals surface area contributed by atoms with Gasteiger partial charge < -0.3 is 15.5 Å². The number of aliphatic hydroxyl groups is 1. The van der Waals surface area contributed by atoms with Gasteiger partial charge in [0.1, 0.15) is 6.04 Å². The first-order valence-electron chi connectivity index (χ1n) is 2.86. The fourth-order valence-corrected chi connectivity index (χ4v) is 0.941. The third-order valence-electron chi connectivity index (χ3n) is 1.46. The Morgan fingerprint density at radius 3 is 2.40 bits per heavy atom. The second-order valence-electron chi connectivity index (χ2n) is 2.13. The monoisotopic (exact) mass is 167 g/mol. The van der Waals surface area contributed by atoms with Crippen molar-refractivity contribution < 1.29 is 15.0 Å². The lowest BCUT2D eigenvalue weighted by Gasteiger charge is -2.06. The SMILES string of the molecule is Cl.O=C(O)C1NCCC1O. The Morgan fingerprint density at radius 2 is 2.20 bits per heavy atom. The summed E-state index contributed by atoms with van der Waals surface area (Å²) in [6, 6.07) is -0.745. The first-order chi connectivity index (χ1) is 4.22. The summed E-state index contributed by atoms with van der Waals surface area (Å²) >= 11 is 0. The highest BCUT2D eigenvalue weighted by Gasteiger charge is 2.30. The summed E-state index contributed by atoms with van der Waals surface area (Å²) in [5.41, 5.74) is 0. The molecule has 4 nitrogen and oxygen atoms in total. The summed E-state index contributed by atoms with van der Waals surface area (Å²) in [4.78, 5) is 10.2. The van der Waals surface area contributed by atoms with Crippen LogP contribution in [0.4, 0.5) is 0 Å². The zero-order valence-corrected chi connectivity index (χ0v) is 6.10. The molecule has 10 heavy (non-hydrogen) atoms. The Balaban J connectivity index is 0.000000810. The minimum atomic E-state index is -0.972. The molecule has 1 saturated heterocycles. The van der Waals surface area contributed by atoms with Crippen LogP contribution in [0.2, 0.25) is 0 Å². The molecular weight excluding hydrogens is 158 g/mol. The third kappa shape index (κ3) is 1.83. The third-order valence-corrected chi connectivity index (χ3v) is 1.46. The standard InChI is InChI=1S/C5H9NO3.ClH/c7-3-1-2-6-4(3)5(8)9;/h3-4,6-7H,1-2H2,(H,8,9);1H. The maximum Gasteiger partial charge on any atom is 0.323 e.